The second-order valence-corrected chi connectivity index (χ2v) is 15.6. The van der Waals surface area contributed by atoms with Crippen LogP contribution in [0.15, 0.2) is 199 Å². The molecule has 13 rings (SSSR count). The summed E-state index contributed by atoms with van der Waals surface area (Å²) in [6.07, 6.45) is 0. The minimum atomic E-state index is 0.604. The molecule has 0 N–H and O–H groups in total. The molecule has 5 heteroatoms. The van der Waals surface area contributed by atoms with Crippen LogP contribution in [-0.2, 0) is 0 Å². The van der Waals surface area contributed by atoms with Crippen LogP contribution in [0, 0.1) is 0 Å². The Morgan fingerprint density at radius 3 is 1.73 bits per heavy atom. The topological polar surface area (TPSA) is 56.7 Å². The molecule has 0 aliphatic rings. The Morgan fingerprint density at radius 2 is 0.917 bits per heavy atom. The van der Waals surface area contributed by atoms with Crippen LogP contribution >= 0.6 is 0 Å². The Morgan fingerprint density at radius 1 is 0.317 bits per heavy atom. The number of furan rings is 1. The smallest absolute Gasteiger partial charge is 0.164 e. The van der Waals surface area contributed by atoms with Crippen molar-refractivity contribution < 1.29 is 4.42 Å². The van der Waals surface area contributed by atoms with Gasteiger partial charge < -0.3 is 8.98 Å². The van der Waals surface area contributed by atoms with Crippen molar-refractivity contribution in [1.82, 2.24) is 19.5 Å². The highest BCUT2D eigenvalue weighted by Crippen LogP contribution is 2.43. The summed E-state index contributed by atoms with van der Waals surface area (Å²) in [6, 6.07) is 68.6. The van der Waals surface area contributed by atoms with Crippen LogP contribution in [0.4, 0.5) is 0 Å². The first-order valence-electron chi connectivity index (χ1n) is 20.3. The summed E-state index contributed by atoms with van der Waals surface area (Å²) in [7, 11) is 0. The van der Waals surface area contributed by atoms with Crippen molar-refractivity contribution in [2.45, 2.75) is 0 Å². The first-order valence-corrected chi connectivity index (χ1v) is 20.3. The minimum Gasteiger partial charge on any atom is -0.456 e. The lowest BCUT2D eigenvalue weighted by molar-refractivity contribution is 0.669. The normalized spacial score (nSPS) is 12.0. The van der Waals surface area contributed by atoms with Gasteiger partial charge in [-0.05, 0) is 80.2 Å². The first kappa shape index (κ1) is 32.9. The molecule has 10 aromatic carbocycles. The van der Waals surface area contributed by atoms with E-state index in [1.54, 1.807) is 0 Å². The third-order valence-electron chi connectivity index (χ3n) is 12.2. The molecule has 5 nitrogen and oxygen atoms in total. The number of rotatable bonds is 4. The number of para-hydroxylation sites is 1. The van der Waals surface area contributed by atoms with Crippen molar-refractivity contribution in [2.75, 3.05) is 0 Å². The highest BCUT2D eigenvalue weighted by molar-refractivity contribution is 6.22. The van der Waals surface area contributed by atoms with Crippen molar-refractivity contribution in [3.05, 3.63) is 194 Å². The van der Waals surface area contributed by atoms with E-state index < -0.39 is 0 Å². The van der Waals surface area contributed by atoms with Crippen LogP contribution in [0.25, 0.3) is 127 Å². The molecule has 0 unspecified atom stereocenters. The van der Waals surface area contributed by atoms with E-state index in [1.165, 1.54) is 37.7 Å². The molecule has 0 fully saturated rings. The number of aromatic nitrogens is 4. The summed E-state index contributed by atoms with van der Waals surface area (Å²) in [4.78, 5) is 15.3. The zero-order valence-electron chi connectivity index (χ0n) is 32.2. The van der Waals surface area contributed by atoms with Gasteiger partial charge in [-0.2, -0.15) is 0 Å². The second kappa shape index (κ2) is 12.7. The lowest BCUT2D eigenvalue weighted by atomic mass is 10.00. The molecule has 0 saturated heterocycles. The zero-order valence-corrected chi connectivity index (χ0v) is 32.2. The SMILES string of the molecule is c1ccc(-c2nc(-c3ccc4c(ccc5ccccc54)c3)nc(-c3ccc4oc5cc(-n6c7ccccc7c7cc8ccccc8cc76)c6ccccc6c5c4c3)n2)cc1. The highest BCUT2D eigenvalue weighted by Gasteiger charge is 2.21. The third kappa shape index (κ3) is 4.96. The van der Waals surface area contributed by atoms with Gasteiger partial charge in [-0.25, -0.2) is 15.0 Å². The fourth-order valence-corrected chi connectivity index (χ4v) is 9.36. The van der Waals surface area contributed by atoms with Crippen LogP contribution in [0.3, 0.4) is 0 Å². The summed E-state index contributed by atoms with van der Waals surface area (Å²) in [5, 5.41) is 14.0. The van der Waals surface area contributed by atoms with Gasteiger partial charge in [-0.3, -0.25) is 0 Å². The summed E-state index contributed by atoms with van der Waals surface area (Å²) in [6.45, 7) is 0. The van der Waals surface area contributed by atoms with E-state index >= 15 is 0 Å². The maximum absolute atomic E-state index is 6.78. The zero-order chi connectivity index (χ0) is 39.3. The molecule has 13 aromatic rings. The molecule has 0 spiro atoms. The van der Waals surface area contributed by atoms with E-state index in [0.29, 0.717) is 17.5 Å². The van der Waals surface area contributed by atoms with Crippen LogP contribution < -0.4 is 0 Å². The molecule has 3 heterocycles. The molecule has 0 amide bonds. The Bertz CT molecular complexity index is 3900. The average molecular weight is 765 g/mol. The van der Waals surface area contributed by atoms with Crippen LogP contribution in [0.1, 0.15) is 0 Å². The van der Waals surface area contributed by atoms with Gasteiger partial charge in [0.05, 0.1) is 16.7 Å². The van der Waals surface area contributed by atoms with Gasteiger partial charge in [0.2, 0.25) is 0 Å². The van der Waals surface area contributed by atoms with E-state index in [0.717, 1.165) is 71.5 Å². The van der Waals surface area contributed by atoms with Gasteiger partial charge in [0.25, 0.3) is 0 Å². The van der Waals surface area contributed by atoms with Gasteiger partial charge >= 0.3 is 0 Å². The van der Waals surface area contributed by atoms with Gasteiger partial charge in [0, 0.05) is 49.7 Å². The van der Waals surface area contributed by atoms with Crippen molar-refractivity contribution in [1.29, 1.82) is 0 Å². The number of benzene rings is 10. The molecular weight excluding hydrogens is 733 g/mol. The molecule has 0 saturated carbocycles. The highest BCUT2D eigenvalue weighted by atomic mass is 16.3. The maximum Gasteiger partial charge on any atom is 0.164 e. The molecule has 278 valence electrons. The predicted octanol–water partition coefficient (Wildman–Crippen LogP) is 14.5. The Balaban J connectivity index is 1.02. The Labute approximate surface area is 343 Å². The van der Waals surface area contributed by atoms with Crippen molar-refractivity contribution in [3.63, 3.8) is 0 Å². The van der Waals surface area contributed by atoms with E-state index in [9.17, 15) is 0 Å². The standard InChI is InChI=1S/C55H32N4O/c1-2-13-34(14-3-1)53-56-54(38-24-26-41-37(28-38)23-22-33-12-6-7-17-40(33)41)58-55(57-53)39-25-27-50-46(30-39)52-44-20-9-8-18-42(44)49(32-51(52)60-50)59-47-21-11-10-19-43(47)45-29-35-15-4-5-16-36(35)31-48(45)59/h1-32H. The number of hydrogen-bond donors (Lipinski definition) is 0. The van der Waals surface area contributed by atoms with Gasteiger partial charge in [0.15, 0.2) is 17.5 Å². The molecule has 0 bridgehead atoms. The van der Waals surface area contributed by atoms with Crippen molar-refractivity contribution in [3.8, 4) is 39.9 Å². The van der Waals surface area contributed by atoms with E-state index in [2.05, 4.69) is 168 Å². The quantitative estimate of drug-likeness (QED) is 0.167. The molecule has 0 radical (unpaired) electrons. The van der Waals surface area contributed by atoms with Crippen LogP contribution in [-0.4, -0.2) is 19.5 Å². The fraction of sp³-hybridized carbons (Fsp3) is 0. The van der Waals surface area contributed by atoms with Crippen molar-refractivity contribution in [2.24, 2.45) is 0 Å². The molecule has 0 aliphatic carbocycles. The summed E-state index contributed by atoms with van der Waals surface area (Å²) in [5.41, 5.74) is 7.79. The molecule has 60 heavy (non-hydrogen) atoms. The summed E-state index contributed by atoms with van der Waals surface area (Å²) < 4.78 is 9.18. The van der Waals surface area contributed by atoms with E-state index in [4.69, 9.17) is 19.4 Å². The molecular formula is C55H32N4O. The Kier molecular flexibility index (Phi) is 6.95. The molecule has 0 aliphatic heterocycles. The largest absolute Gasteiger partial charge is 0.456 e. The molecule has 0 atom stereocenters. The van der Waals surface area contributed by atoms with E-state index in [-0.39, 0.29) is 0 Å². The average Bonchev–Trinajstić information content (AvgIpc) is 3.85. The lowest BCUT2D eigenvalue weighted by Gasteiger charge is -2.13. The van der Waals surface area contributed by atoms with Crippen LogP contribution in [0.2, 0.25) is 0 Å². The molecule has 3 aromatic heterocycles. The van der Waals surface area contributed by atoms with Gasteiger partial charge in [-0.1, -0.05) is 146 Å². The number of hydrogen-bond acceptors (Lipinski definition) is 4. The fourth-order valence-electron chi connectivity index (χ4n) is 9.36. The first-order chi connectivity index (χ1) is 29.7. The lowest BCUT2D eigenvalue weighted by Crippen LogP contribution is -2.00. The number of fused-ring (bicyclic) bond motifs is 12. The van der Waals surface area contributed by atoms with E-state index in [1.807, 2.05) is 30.3 Å². The summed E-state index contributed by atoms with van der Waals surface area (Å²) >= 11 is 0. The Hall–Kier alpha value is -8.15. The van der Waals surface area contributed by atoms with Crippen molar-refractivity contribution >= 4 is 86.8 Å². The number of nitrogens with zero attached hydrogens (tertiary/aromatic N) is 4. The predicted molar refractivity (Wildman–Crippen MR) is 248 cm³/mol. The van der Waals surface area contributed by atoms with Gasteiger partial charge in [-0.15, -0.1) is 0 Å². The van der Waals surface area contributed by atoms with Crippen LogP contribution in [0.5, 0.6) is 0 Å². The second-order valence-electron chi connectivity index (χ2n) is 15.6. The van der Waals surface area contributed by atoms with Gasteiger partial charge in [0.1, 0.15) is 11.2 Å². The third-order valence-corrected chi connectivity index (χ3v) is 12.2. The monoisotopic (exact) mass is 764 g/mol. The maximum atomic E-state index is 6.78. The summed E-state index contributed by atoms with van der Waals surface area (Å²) in [5.74, 6) is 1.85. The minimum absolute atomic E-state index is 0.604.